The Morgan fingerprint density at radius 1 is 1.29 bits per heavy atom. The van der Waals surface area contributed by atoms with Crippen molar-refractivity contribution in [3.63, 3.8) is 0 Å². The van der Waals surface area contributed by atoms with E-state index in [1.54, 1.807) is 6.07 Å². The first kappa shape index (κ1) is 21.0. The Morgan fingerprint density at radius 3 is 2.54 bits per heavy atom. The van der Waals surface area contributed by atoms with Crippen molar-refractivity contribution in [2.24, 2.45) is 10.9 Å². The highest BCUT2D eigenvalue weighted by molar-refractivity contribution is 14.0. The van der Waals surface area contributed by atoms with Gasteiger partial charge in [-0.05, 0) is 25.0 Å². The Morgan fingerprint density at radius 2 is 1.96 bits per heavy atom. The molecule has 1 fully saturated rings. The van der Waals surface area contributed by atoms with Gasteiger partial charge >= 0.3 is 0 Å². The minimum absolute atomic E-state index is 0. The van der Waals surface area contributed by atoms with Crippen molar-refractivity contribution >= 4 is 35.6 Å². The Hall–Kier alpha value is -1.09. The summed E-state index contributed by atoms with van der Waals surface area (Å²) in [6.45, 7) is 8.70. The molecule has 0 aromatic heterocycles. The third-order valence-corrected chi connectivity index (χ3v) is 3.97. The van der Waals surface area contributed by atoms with Crippen LogP contribution in [0.4, 0.5) is 10.1 Å². The van der Waals surface area contributed by atoms with Crippen molar-refractivity contribution in [3.05, 3.63) is 30.1 Å². The van der Waals surface area contributed by atoms with Gasteiger partial charge in [-0.1, -0.05) is 19.1 Å². The maximum absolute atomic E-state index is 13.9. The Bertz CT molecular complexity index is 521. The number of halogens is 2. The van der Waals surface area contributed by atoms with Crippen LogP contribution in [0.3, 0.4) is 0 Å². The number of piperazine rings is 1. The fraction of sp³-hybridized carbons (Fsp3) is 0.588. The van der Waals surface area contributed by atoms with Crippen LogP contribution in [0.15, 0.2) is 29.3 Å². The molecule has 2 N–H and O–H groups in total. The molecule has 1 aliphatic rings. The Kier molecular flexibility index (Phi) is 9.35. The van der Waals surface area contributed by atoms with E-state index in [0.717, 1.165) is 38.7 Å². The van der Waals surface area contributed by atoms with E-state index in [4.69, 9.17) is 5.11 Å². The summed E-state index contributed by atoms with van der Waals surface area (Å²) < 4.78 is 13.9. The van der Waals surface area contributed by atoms with Gasteiger partial charge in [-0.25, -0.2) is 4.39 Å². The molecule has 1 unspecified atom stereocenters. The lowest BCUT2D eigenvalue weighted by atomic mass is 10.2. The summed E-state index contributed by atoms with van der Waals surface area (Å²) in [5, 5.41) is 12.4. The van der Waals surface area contributed by atoms with Crippen LogP contribution < -0.4 is 10.2 Å². The second-order valence-electron chi connectivity index (χ2n) is 5.91. The first-order chi connectivity index (χ1) is 11.2. The van der Waals surface area contributed by atoms with E-state index < -0.39 is 0 Å². The number of benzene rings is 1. The first-order valence-electron chi connectivity index (χ1n) is 8.29. The number of aliphatic hydroxyl groups excluding tert-OH is 1. The molecule has 1 heterocycles. The predicted octanol–water partition coefficient (Wildman–Crippen LogP) is 2.16. The van der Waals surface area contributed by atoms with E-state index in [1.807, 2.05) is 26.0 Å². The predicted molar refractivity (Wildman–Crippen MR) is 108 cm³/mol. The smallest absolute Gasteiger partial charge is 0.194 e. The molecule has 5 nitrogen and oxygen atoms in total. The lowest BCUT2D eigenvalue weighted by molar-refractivity contribution is 0.241. The molecule has 1 aromatic rings. The average molecular weight is 450 g/mol. The van der Waals surface area contributed by atoms with Gasteiger partial charge in [-0.15, -0.1) is 24.0 Å². The van der Waals surface area contributed by atoms with Crippen molar-refractivity contribution in [1.29, 1.82) is 0 Å². The maximum Gasteiger partial charge on any atom is 0.194 e. The van der Waals surface area contributed by atoms with Crippen LogP contribution >= 0.6 is 24.0 Å². The molecule has 136 valence electrons. The minimum Gasteiger partial charge on any atom is -0.396 e. The number of aliphatic imine (C=N–C) groups is 1. The van der Waals surface area contributed by atoms with Crippen LogP contribution in [-0.2, 0) is 0 Å². The maximum atomic E-state index is 13.9. The summed E-state index contributed by atoms with van der Waals surface area (Å²) in [5.41, 5.74) is 0.669. The third-order valence-electron chi connectivity index (χ3n) is 3.97. The SMILES string of the molecule is CCNC(=NCC(C)CO)N1CCN(c2ccccc2F)CC1.I. The molecule has 0 amide bonds. The molecule has 0 saturated carbocycles. The lowest BCUT2D eigenvalue weighted by Crippen LogP contribution is -2.52. The van der Waals surface area contributed by atoms with E-state index in [2.05, 4.69) is 20.1 Å². The van der Waals surface area contributed by atoms with Gasteiger partial charge in [0.25, 0.3) is 0 Å². The zero-order valence-electron chi connectivity index (χ0n) is 14.4. The molecular weight excluding hydrogens is 422 g/mol. The zero-order valence-corrected chi connectivity index (χ0v) is 16.7. The van der Waals surface area contributed by atoms with Crippen LogP contribution in [0, 0.1) is 11.7 Å². The summed E-state index contributed by atoms with van der Waals surface area (Å²) in [6.07, 6.45) is 0. The summed E-state index contributed by atoms with van der Waals surface area (Å²) in [7, 11) is 0. The summed E-state index contributed by atoms with van der Waals surface area (Å²) in [4.78, 5) is 8.88. The van der Waals surface area contributed by atoms with Crippen LogP contribution in [-0.4, -0.2) is 61.8 Å². The second kappa shape index (κ2) is 10.7. The fourth-order valence-electron chi connectivity index (χ4n) is 2.59. The second-order valence-corrected chi connectivity index (χ2v) is 5.91. The standard InChI is InChI=1S/C17H27FN4O.HI/c1-3-19-17(20-12-14(2)13-23)22-10-8-21(9-11-22)16-7-5-4-6-15(16)18;/h4-7,14,23H,3,8-13H2,1-2H3,(H,19,20);1H. The fourth-order valence-corrected chi connectivity index (χ4v) is 2.59. The number of hydrogen-bond donors (Lipinski definition) is 2. The van der Waals surface area contributed by atoms with Gasteiger partial charge in [0, 0.05) is 45.9 Å². The number of hydrogen-bond acceptors (Lipinski definition) is 3. The number of guanidine groups is 1. The summed E-state index contributed by atoms with van der Waals surface area (Å²) in [5.74, 6) is 0.864. The minimum atomic E-state index is -0.168. The molecule has 1 saturated heterocycles. The Labute approximate surface area is 161 Å². The van der Waals surface area contributed by atoms with E-state index in [0.29, 0.717) is 12.2 Å². The molecule has 1 aromatic carbocycles. The van der Waals surface area contributed by atoms with Gasteiger partial charge < -0.3 is 20.2 Å². The van der Waals surface area contributed by atoms with Gasteiger partial charge in [0.15, 0.2) is 5.96 Å². The third kappa shape index (κ3) is 5.77. The van der Waals surface area contributed by atoms with Gasteiger partial charge in [-0.3, -0.25) is 4.99 Å². The zero-order chi connectivity index (χ0) is 16.7. The van der Waals surface area contributed by atoms with E-state index in [-0.39, 0.29) is 42.3 Å². The monoisotopic (exact) mass is 450 g/mol. The van der Waals surface area contributed by atoms with Crippen LogP contribution in [0.5, 0.6) is 0 Å². The van der Waals surface area contributed by atoms with Gasteiger partial charge in [0.05, 0.1) is 5.69 Å². The number of nitrogens with zero attached hydrogens (tertiary/aromatic N) is 3. The molecule has 1 aliphatic heterocycles. The van der Waals surface area contributed by atoms with Crippen molar-refractivity contribution < 1.29 is 9.50 Å². The molecule has 0 bridgehead atoms. The van der Waals surface area contributed by atoms with Crippen molar-refractivity contribution in [1.82, 2.24) is 10.2 Å². The molecule has 24 heavy (non-hydrogen) atoms. The number of rotatable bonds is 5. The van der Waals surface area contributed by atoms with Crippen LogP contribution in [0.1, 0.15) is 13.8 Å². The summed E-state index contributed by atoms with van der Waals surface area (Å²) >= 11 is 0. The highest BCUT2D eigenvalue weighted by atomic mass is 127. The van der Waals surface area contributed by atoms with E-state index in [9.17, 15) is 4.39 Å². The van der Waals surface area contributed by atoms with Gasteiger partial charge in [0.2, 0.25) is 0 Å². The number of nitrogens with one attached hydrogen (secondary N) is 1. The molecule has 2 rings (SSSR count). The molecule has 0 aliphatic carbocycles. The quantitative estimate of drug-likeness (QED) is 0.410. The number of anilines is 1. The van der Waals surface area contributed by atoms with E-state index in [1.165, 1.54) is 6.07 Å². The van der Waals surface area contributed by atoms with Crippen LogP contribution in [0.2, 0.25) is 0 Å². The molecular formula is C17H28FIN4O. The number of aliphatic hydroxyl groups is 1. The highest BCUT2D eigenvalue weighted by Gasteiger charge is 2.21. The lowest BCUT2D eigenvalue weighted by Gasteiger charge is -2.37. The van der Waals surface area contributed by atoms with Crippen molar-refractivity contribution in [2.45, 2.75) is 13.8 Å². The van der Waals surface area contributed by atoms with Gasteiger partial charge in [0.1, 0.15) is 5.82 Å². The molecule has 0 radical (unpaired) electrons. The van der Waals surface area contributed by atoms with Crippen molar-refractivity contribution in [2.75, 3.05) is 50.8 Å². The van der Waals surface area contributed by atoms with Gasteiger partial charge in [-0.2, -0.15) is 0 Å². The van der Waals surface area contributed by atoms with E-state index >= 15 is 0 Å². The first-order valence-corrected chi connectivity index (χ1v) is 8.29. The molecule has 0 spiro atoms. The van der Waals surface area contributed by atoms with Crippen molar-refractivity contribution in [3.8, 4) is 0 Å². The topological polar surface area (TPSA) is 51.1 Å². The summed E-state index contributed by atoms with van der Waals surface area (Å²) in [6, 6.07) is 6.91. The number of para-hydroxylation sites is 1. The van der Waals surface area contributed by atoms with Crippen LogP contribution in [0.25, 0.3) is 0 Å². The largest absolute Gasteiger partial charge is 0.396 e. The Balaban J connectivity index is 0.00000288. The highest BCUT2D eigenvalue weighted by Crippen LogP contribution is 2.20. The molecule has 1 atom stereocenters. The molecule has 7 heteroatoms. The average Bonchev–Trinajstić information content (AvgIpc) is 2.59. The normalized spacial score (nSPS) is 16.6.